The number of nitrogens with one attached hydrogen (secondary N) is 2. The molecule has 3 N–H and O–H groups in total. The Morgan fingerprint density at radius 3 is 2.93 bits per heavy atom. The molecule has 1 aromatic carbocycles. The highest BCUT2D eigenvalue weighted by molar-refractivity contribution is 7.23. The number of aryl methyl sites for hydroxylation is 1. The maximum atomic E-state index is 10.8. The minimum absolute atomic E-state index is 0.102. The number of anilines is 1. The zero-order chi connectivity index (χ0) is 19.5. The number of aromatic amines is 1. The Bertz CT molecular complexity index is 1150. The number of hydrogen-bond donors (Lipinski definition) is 3. The molecule has 0 bridgehead atoms. The van der Waals surface area contributed by atoms with Crippen LogP contribution in [0.15, 0.2) is 42.0 Å². The summed E-state index contributed by atoms with van der Waals surface area (Å²) in [5.41, 5.74) is 5.85. The molecule has 0 saturated carbocycles. The maximum Gasteiger partial charge on any atom is 0.167 e. The summed E-state index contributed by atoms with van der Waals surface area (Å²) in [5, 5.41) is 15.0. The molecule has 4 aromatic rings. The Labute approximate surface area is 165 Å². The number of hydrazone groups is 1. The number of nitrogens with zero attached hydrogens (tertiary/aromatic N) is 4. The molecule has 0 saturated heterocycles. The van der Waals surface area contributed by atoms with Crippen LogP contribution in [0.3, 0.4) is 0 Å². The van der Waals surface area contributed by atoms with Crippen LogP contribution < -0.4 is 10.2 Å². The summed E-state index contributed by atoms with van der Waals surface area (Å²) in [5.74, 6) is 1.32. The largest absolute Gasteiger partial charge is 0.504 e. The SMILES string of the molecule is CCOc1ccccc1-c1sc2c(NN=Cc3nc[nH]c3C)ncnc2c1O. The second-order valence-corrected chi connectivity index (χ2v) is 6.91. The second-order valence-electron chi connectivity index (χ2n) is 5.89. The summed E-state index contributed by atoms with van der Waals surface area (Å²) in [4.78, 5) is 16.3. The number of fused-ring (bicyclic) bond motifs is 1. The highest BCUT2D eigenvalue weighted by atomic mass is 32.1. The zero-order valence-electron chi connectivity index (χ0n) is 15.3. The number of aromatic hydroxyl groups is 1. The summed E-state index contributed by atoms with van der Waals surface area (Å²) in [6, 6.07) is 7.60. The number of thiophene rings is 1. The van der Waals surface area contributed by atoms with E-state index in [2.05, 4.69) is 30.5 Å². The van der Waals surface area contributed by atoms with Crippen molar-refractivity contribution in [3.63, 3.8) is 0 Å². The standard InChI is InChI=1S/C19H18N6O2S/c1-3-27-14-7-5-4-6-12(14)17-16(26)15-18(28-17)19(23-10-22-15)25-24-8-13-11(2)20-9-21-13/h4-10,26H,3H2,1-2H3,(H,20,21)(H,22,23,25). The molecule has 3 heterocycles. The third-order valence-corrected chi connectivity index (χ3v) is 5.31. The summed E-state index contributed by atoms with van der Waals surface area (Å²) < 4.78 is 6.41. The van der Waals surface area contributed by atoms with Crippen molar-refractivity contribution in [2.75, 3.05) is 12.0 Å². The molecule has 8 nitrogen and oxygen atoms in total. The van der Waals surface area contributed by atoms with E-state index in [1.165, 1.54) is 17.7 Å². The summed E-state index contributed by atoms with van der Waals surface area (Å²) in [6.07, 6.45) is 4.61. The van der Waals surface area contributed by atoms with Gasteiger partial charge in [0.2, 0.25) is 0 Å². The van der Waals surface area contributed by atoms with Gasteiger partial charge in [-0.25, -0.2) is 15.0 Å². The normalized spacial score (nSPS) is 11.4. The lowest BCUT2D eigenvalue weighted by molar-refractivity contribution is 0.341. The molecule has 0 atom stereocenters. The van der Waals surface area contributed by atoms with Crippen LogP contribution in [-0.2, 0) is 0 Å². The van der Waals surface area contributed by atoms with E-state index >= 15 is 0 Å². The number of rotatable bonds is 6. The molecule has 4 rings (SSSR count). The van der Waals surface area contributed by atoms with E-state index in [1.54, 1.807) is 12.5 Å². The van der Waals surface area contributed by atoms with Gasteiger partial charge in [0, 0.05) is 11.3 Å². The quantitative estimate of drug-likeness (QED) is 0.338. The van der Waals surface area contributed by atoms with E-state index in [-0.39, 0.29) is 5.75 Å². The molecular formula is C19H18N6O2S. The summed E-state index contributed by atoms with van der Waals surface area (Å²) in [6.45, 7) is 4.38. The fourth-order valence-corrected chi connectivity index (χ4v) is 3.87. The predicted molar refractivity (Wildman–Crippen MR) is 110 cm³/mol. The summed E-state index contributed by atoms with van der Waals surface area (Å²) >= 11 is 1.38. The van der Waals surface area contributed by atoms with Crippen LogP contribution in [0.25, 0.3) is 20.7 Å². The first kappa shape index (κ1) is 17.9. The third-order valence-electron chi connectivity index (χ3n) is 4.11. The van der Waals surface area contributed by atoms with Crippen LogP contribution in [0.2, 0.25) is 0 Å². The van der Waals surface area contributed by atoms with E-state index in [0.717, 1.165) is 17.0 Å². The predicted octanol–water partition coefficient (Wildman–Crippen LogP) is 3.94. The van der Waals surface area contributed by atoms with Crippen molar-refractivity contribution in [1.29, 1.82) is 0 Å². The van der Waals surface area contributed by atoms with Crippen molar-refractivity contribution < 1.29 is 9.84 Å². The Morgan fingerprint density at radius 1 is 1.29 bits per heavy atom. The van der Waals surface area contributed by atoms with Crippen molar-refractivity contribution in [3.8, 4) is 21.9 Å². The van der Waals surface area contributed by atoms with Gasteiger partial charge in [-0.15, -0.1) is 11.3 Å². The number of hydrogen-bond acceptors (Lipinski definition) is 8. The lowest BCUT2D eigenvalue weighted by Gasteiger charge is -2.08. The van der Waals surface area contributed by atoms with Gasteiger partial charge >= 0.3 is 0 Å². The van der Waals surface area contributed by atoms with Crippen LogP contribution >= 0.6 is 11.3 Å². The number of aromatic nitrogens is 4. The molecule has 0 radical (unpaired) electrons. The number of para-hydroxylation sites is 1. The second kappa shape index (κ2) is 7.65. The van der Waals surface area contributed by atoms with Gasteiger partial charge in [0.1, 0.15) is 28.0 Å². The van der Waals surface area contributed by atoms with Crippen molar-refractivity contribution >= 4 is 33.6 Å². The molecule has 0 amide bonds. The lowest BCUT2D eigenvalue weighted by atomic mass is 10.1. The Hall–Kier alpha value is -3.46. The van der Waals surface area contributed by atoms with E-state index in [1.807, 2.05) is 38.1 Å². The number of ether oxygens (including phenoxy) is 1. The number of H-pyrrole nitrogens is 1. The van der Waals surface area contributed by atoms with Crippen LogP contribution in [0.5, 0.6) is 11.5 Å². The van der Waals surface area contributed by atoms with E-state index in [0.29, 0.717) is 33.3 Å². The topological polar surface area (TPSA) is 108 Å². The van der Waals surface area contributed by atoms with Crippen molar-refractivity contribution in [2.24, 2.45) is 5.10 Å². The van der Waals surface area contributed by atoms with Crippen molar-refractivity contribution in [3.05, 3.63) is 48.3 Å². The highest BCUT2D eigenvalue weighted by Crippen LogP contribution is 2.47. The fraction of sp³-hybridized carbons (Fsp3) is 0.158. The Kier molecular flexibility index (Phi) is 4.90. The average molecular weight is 394 g/mol. The van der Waals surface area contributed by atoms with Gasteiger partial charge in [-0.05, 0) is 26.0 Å². The molecular weight excluding hydrogens is 376 g/mol. The van der Waals surface area contributed by atoms with Gasteiger partial charge in [-0.1, -0.05) is 12.1 Å². The molecule has 0 aliphatic carbocycles. The molecule has 0 spiro atoms. The Morgan fingerprint density at radius 2 is 2.14 bits per heavy atom. The number of benzene rings is 1. The van der Waals surface area contributed by atoms with Crippen LogP contribution in [0.4, 0.5) is 5.82 Å². The van der Waals surface area contributed by atoms with Crippen molar-refractivity contribution in [2.45, 2.75) is 13.8 Å². The highest BCUT2D eigenvalue weighted by Gasteiger charge is 2.19. The fourth-order valence-electron chi connectivity index (χ4n) is 2.75. The van der Waals surface area contributed by atoms with Gasteiger partial charge < -0.3 is 14.8 Å². The van der Waals surface area contributed by atoms with Crippen LogP contribution in [0.1, 0.15) is 18.3 Å². The minimum Gasteiger partial charge on any atom is -0.504 e. The van der Waals surface area contributed by atoms with E-state index in [4.69, 9.17) is 4.74 Å². The van der Waals surface area contributed by atoms with Gasteiger partial charge in [-0.2, -0.15) is 5.10 Å². The first-order valence-corrected chi connectivity index (χ1v) is 9.48. The molecule has 0 aliphatic rings. The lowest BCUT2D eigenvalue weighted by Crippen LogP contribution is -1.95. The monoisotopic (exact) mass is 394 g/mol. The third kappa shape index (κ3) is 3.27. The maximum absolute atomic E-state index is 10.8. The molecule has 0 fully saturated rings. The molecule has 9 heteroatoms. The van der Waals surface area contributed by atoms with Crippen LogP contribution in [0, 0.1) is 6.92 Å². The molecule has 142 valence electrons. The van der Waals surface area contributed by atoms with Gasteiger partial charge in [0.25, 0.3) is 0 Å². The van der Waals surface area contributed by atoms with E-state index in [9.17, 15) is 5.11 Å². The van der Waals surface area contributed by atoms with Gasteiger partial charge in [0.05, 0.1) is 24.0 Å². The minimum atomic E-state index is 0.102. The summed E-state index contributed by atoms with van der Waals surface area (Å²) in [7, 11) is 0. The molecule has 0 aliphatic heterocycles. The first-order valence-electron chi connectivity index (χ1n) is 8.66. The average Bonchev–Trinajstić information content (AvgIpc) is 3.27. The Balaban J connectivity index is 1.72. The number of imidazole rings is 1. The van der Waals surface area contributed by atoms with E-state index < -0.39 is 0 Å². The van der Waals surface area contributed by atoms with Gasteiger partial charge in [-0.3, -0.25) is 5.43 Å². The molecule has 0 unspecified atom stereocenters. The molecule has 28 heavy (non-hydrogen) atoms. The molecule has 3 aromatic heterocycles. The van der Waals surface area contributed by atoms with Crippen LogP contribution in [-0.4, -0.2) is 37.9 Å². The smallest absolute Gasteiger partial charge is 0.167 e. The van der Waals surface area contributed by atoms with Crippen molar-refractivity contribution in [1.82, 2.24) is 19.9 Å². The van der Waals surface area contributed by atoms with Gasteiger partial charge in [0.15, 0.2) is 11.6 Å². The zero-order valence-corrected chi connectivity index (χ0v) is 16.1. The first-order chi connectivity index (χ1) is 13.7.